The standard InChI is InChI=1S/C16H22FN3/c1-3-20-9-7-15(8-10-20)19(2)12-14-6-4-5-13(11-18)16(14)17/h4-6,15H,3,7-10,12H2,1-2H3. The Hall–Kier alpha value is -1.44. The highest BCUT2D eigenvalue weighted by molar-refractivity contribution is 5.34. The van der Waals surface area contributed by atoms with Crippen LogP contribution in [0.4, 0.5) is 4.39 Å². The molecule has 0 bridgehead atoms. The number of nitriles is 1. The van der Waals surface area contributed by atoms with Gasteiger partial charge in [0, 0.05) is 18.2 Å². The van der Waals surface area contributed by atoms with Crippen molar-refractivity contribution in [1.82, 2.24) is 9.80 Å². The second-order valence-corrected chi connectivity index (χ2v) is 5.47. The van der Waals surface area contributed by atoms with Crippen molar-refractivity contribution in [3.05, 3.63) is 35.1 Å². The normalized spacial score (nSPS) is 17.4. The second-order valence-electron chi connectivity index (χ2n) is 5.47. The molecule has 2 rings (SSSR count). The molecular formula is C16H22FN3. The minimum absolute atomic E-state index is 0.136. The van der Waals surface area contributed by atoms with Gasteiger partial charge in [0.1, 0.15) is 11.9 Å². The van der Waals surface area contributed by atoms with Crippen molar-refractivity contribution in [3.63, 3.8) is 0 Å². The summed E-state index contributed by atoms with van der Waals surface area (Å²) in [5.74, 6) is -0.368. The zero-order chi connectivity index (χ0) is 14.5. The Morgan fingerprint density at radius 1 is 1.40 bits per heavy atom. The van der Waals surface area contributed by atoms with E-state index in [1.807, 2.05) is 13.1 Å². The Bertz CT molecular complexity index is 487. The minimum atomic E-state index is -0.368. The van der Waals surface area contributed by atoms with Gasteiger partial charge in [0.05, 0.1) is 5.56 Å². The molecule has 1 fully saturated rings. The summed E-state index contributed by atoms with van der Waals surface area (Å²) in [4.78, 5) is 4.66. The van der Waals surface area contributed by atoms with Gasteiger partial charge < -0.3 is 4.90 Å². The van der Waals surface area contributed by atoms with Crippen LogP contribution in [0.25, 0.3) is 0 Å². The number of piperidine rings is 1. The van der Waals surface area contributed by atoms with Gasteiger partial charge in [-0.3, -0.25) is 4.90 Å². The SMILES string of the molecule is CCN1CCC(N(C)Cc2cccc(C#N)c2F)CC1. The minimum Gasteiger partial charge on any atom is -0.303 e. The van der Waals surface area contributed by atoms with E-state index in [0.29, 0.717) is 18.2 Å². The quantitative estimate of drug-likeness (QED) is 0.846. The first-order valence-electron chi connectivity index (χ1n) is 7.25. The molecule has 1 aliphatic rings. The molecule has 1 aromatic carbocycles. The van der Waals surface area contributed by atoms with Crippen LogP contribution in [0.15, 0.2) is 18.2 Å². The highest BCUT2D eigenvalue weighted by atomic mass is 19.1. The van der Waals surface area contributed by atoms with E-state index in [9.17, 15) is 4.39 Å². The van der Waals surface area contributed by atoms with Gasteiger partial charge in [0.15, 0.2) is 0 Å². The van der Waals surface area contributed by atoms with Crippen molar-refractivity contribution in [3.8, 4) is 6.07 Å². The number of benzene rings is 1. The molecule has 1 saturated heterocycles. The third-order valence-corrected chi connectivity index (χ3v) is 4.25. The lowest BCUT2D eigenvalue weighted by molar-refractivity contribution is 0.126. The molecule has 3 nitrogen and oxygen atoms in total. The summed E-state index contributed by atoms with van der Waals surface area (Å²) < 4.78 is 14.1. The first-order chi connectivity index (χ1) is 9.65. The summed E-state index contributed by atoms with van der Waals surface area (Å²) in [6.07, 6.45) is 2.26. The van der Waals surface area contributed by atoms with Crippen molar-refractivity contribution in [2.45, 2.75) is 32.4 Å². The number of likely N-dealkylation sites (tertiary alicyclic amines) is 1. The molecule has 1 aliphatic heterocycles. The van der Waals surface area contributed by atoms with Gasteiger partial charge in [-0.05, 0) is 45.6 Å². The summed E-state index contributed by atoms with van der Waals surface area (Å²) in [6.45, 7) is 6.10. The average molecular weight is 275 g/mol. The topological polar surface area (TPSA) is 30.3 Å². The lowest BCUT2D eigenvalue weighted by Crippen LogP contribution is -2.43. The van der Waals surface area contributed by atoms with Crippen LogP contribution in [-0.4, -0.2) is 42.5 Å². The van der Waals surface area contributed by atoms with Crippen LogP contribution in [0.1, 0.15) is 30.9 Å². The summed E-state index contributed by atoms with van der Waals surface area (Å²) >= 11 is 0. The molecular weight excluding hydrogens is 253 g/mol. The van der Waals surface area contributed by atoms with Crippen molar-refractivity contribution >= 4 is 0 Å². The monoisotopic (exact) mass is 275 g/mol. The molecule has 0 saturated carbocycles. The summed E-state index contributed by atoms with van der Waals surface area (Å²) in [5.41, 5.74) is 0.751. The number of hydrogen-bond donors (Lipinski definition) is 0. The van der Waals surface area contributed by atoms with Gasteiger partial charge in [0.25, 0.3) is 0 Å². The molecule has 0 unspecified atom stereocenters. The van der Waals surface area contributed by atoms with Crippen LogP contribution in [0, 0.1) is 17.1 Å². The van der Waals surface area contributed by atoms with Crippen molar-refractivity contribution in [2.24, 2.45) is 0 Å². The Morgan fingerprint density at radius 3 is 2.70 bits per heavy atom. The zero-order valence-electron chi connectivity index (χ0n) is 12.3. The molecule has 1 aromatic rings. The summed E-state index contributed by atoms with van der Waals surface area (Å²) in [6, 6.07) is 7.46. The van der Waals surface area contributed by atoms with Crippen LogP contribution in [0.2, 0.25) is 0 Å². The van der Waals surface area contributed by atoms with Crippen molar-refractivity contribution in [1.29, 1.82) is 5.26 Å². The van der Waals surface area contributed by atoms with Crippen molar-refractivity contribution in [2.75, 3.05) is 26.7 Å². The lowest BCUT2D eigenvalue weighted by atomic mass is 10.0. The number of nitrogens with zero attached hydrogens (tertiary/aromatic N) is 3. The fourth-order valence-electron chi connectivity index (χ4n) is 2.86. The van der Waals surface area contributed by atoms with Crippen LogP contribution < -0.4 is 0 Å². The average Bonchev–Trinajstić information content (AvgIpc) is 2.49. The molecule has 0 amide bonds. The van der Waals surface area contributed by atoms with E-state index in [-0.39, 0.29) is 11.4 Å². The van der Waals surface area contributed by atoms with Gasteiger partial charge >= 0.3 is 0 Å². The molecule has 0 aliphatic carbocycles. The Kier molecular flexibility index (Phi) is 5.11. The molecule has 0 spiro atoms. The predicted octanol–water partition coefficient (Wildman–Crippen LogP) is 2.61. The Balaban J connectivity index is 1.99. The Labute approximate surface area is 120 Å². The van der Waals surface area contributed by atoms with E-state index >= 15 is 0 Å². The molecule has 20 heavy (non-hydrogen) atoms. The molecule has 4 heteroatoms. The number of rotatable bonds is 4. The van der Waals surface area contributed by atoms with Crippen molar-refractivity contribution < 1.29 is 4.39 Å². The van der Waals surface area contributed by atoms with Gasteiger partial charge in [0.2, 0.25) is 0 Å². The van der Waals surface area contributed by atoms with Gasteiger partial charge in [-0.25, -0.2) is 4.39 Å². The maximum atomic E-state index is 14.1. The highest BCUT2D eigenvalue weighted by Gasteiger charge is 2.22. The van der Waals surface area contributed by atoms with E-state index in [1.165, 1.54) is 6.07 Å². The van der Waals surface area contributed by atoms with Gasteiger partial charge in [-0.15, -0.1) is 0 Å². The van der Waals surface area contributed by atoms with Crippen LogP contribution in [0.3, 0.4) is 0 Å². The fraction of sp³-hybridized carbons (Fsp3) is 0.562. The summed E-state index contributed by atoms with van der Waals surface area (Å²) in [7, 11) is 2.05. The smallest absolute Gasteiger partial charge is 0.145 e. The van der Waals surface area contributed by atoms with E-state index in [0.717, 1.165) is 32.5 Å². The summed E-state index contributed by atoms with van der Waals surface area (Å²) in [5, 5.41) is 8.87. The maximum Gasteiger partial charge on any atom is 0.145 e. The third-order valence-electron chi connectivity index (χ3n) is 4.25. The predicted molar refractivity (Wildman–Crippen MR) is 77.7 cm³/mol. The molecule has 0 radical (unpaired) electrons. The second kappa shape index (κ2) is 6.83. The van der Waals surface area contributed by atoms with Gasteiger partial charge in [-0.2, -0.15) is 5.26 Å². The van der Waals surface area contributed by atoms with E-state index in [2.05, 4.69) is 16.7 Å². The van der Waals surface area contributed by atoms with E-state index in [1.54, 1.807) is 12.1 Å². The largest absolute Gasteiger partial charge is 0.303 e. The first kappa shape index (κ1) is 15.0. The van der Waals surface area contributed by atoms with E-state index in [4.69, 9.17) is 5.26 Å². The molecule has 108 valence electrons. The number of hydrogen-bond acceptors (Lipinski definition) is 3. The number of halogens is 1. The lowest BCUT2D eigenvalue weighted by Gasteiger charge is -2.36. The molecule has 0 N–H and O–H groups in total. The maximum absolute atomic E-state index is 14.1. The highest BCUT2D eigenvalue weighted by Crippen LogP contribution is 2.19. The zero-order valence-corrected chi connectivity index (χ0v) is 12.3. The first-order valence-corrected chi connectivity index (χ1v) is 7.25. The van der Waals surface area contributed by atoms with Crippen LogP contribution in [0.5, 0.6) is 0 Å². The molecule has 1 heterocycles. The third kappa shape index (κ3) is 3.36. The van der Waals surface area contributed by atoms with Crippen LogP contribution in [-0.2, 0) is 6.54 Å². The molecule has 0 aromatic heterocycles. The molecule has 0 atom stereocenters. The fourth-order valence-corrected chi connectivity index (χ4v) is 2.86. The Morgan fingerprint density at radius 2 is 2.10 bits per heavy atom. The van der Waals surface area contributed by atoms with Gasteiger partial charge in [-0.1, -0.05) is 19.1 Å². The van der Waals surface area contributed by atoms with E-state index < -0.39 is 0 Å². The van der Waals surface area contributed by atoms with Crippen LogP contribution >= 0.6 is 0 Å².